The molecule has 1 atom stereocenters. The zero-order valence-electron chi connectivity index (χ0n) is 8.67. The van der Waals surface area contributed by atoms with Crippen LogP contribution in [0.3, 0.4) is 0 Å². The minimum absolute atomic E-state index is 0. The molecule has 0 spiro atoms. The van der Waals surface area contributed by atoms with Crippen molar-refractivity contribution in [1.82, 2.24) is 0 Å². The average Bonchev–Trinajstić information content (AvgIpc) is 2.60. The maximum atomic E-state index is 6.11. The molecule has 0 bridgehead atoms. The molecule has 1 heterocycles. The van der Waals surface area contributed by atoms with E-state index in [1.54, 1.807) is 12.3 Å². The fourth-order valence-corrected chi connectivity index (χ4v) is 2.21. The van der Waals surface area contributed by atoms with Crippen LogP contribution in [-0.4, -0.2) is 6.04 Å². The van der Waals surface area contributed by atoms with Gasteiger partial charge >= 0.3 is 0 Å². The van der Waals surface area contributed by atoms with Crippen LogP contribution in [0.2, 0.25) is 10.0 Å². The van der Waals surface area contributed by atoms with E-state index < -0.39 is 0 Å². The highest BCUT2D eigenvalue weighted by atomic mass is 35.5. The van der Waals surface area contributed by atoms with Crippen molar-refractivity contribution in [3.63, 3.8) is 0 Å². The number of benzene rings is 1. The Labute approximate surface area is 110 Å². The van der Waals surface area contributed by atoms with Crippen LogP contribution in [0.5, 0.6) is 0 Å². The second-order valence-electron chi connectivity index (χ2n) is 3.66. The largest absolute Gasteiger partial charge is 0.464 e. The van der Waals surface area contributed by atoms with Crippen LogP contribution < -0.4 is 5.73 Å². The fraction of sp³-hybridized carbons (Fsp3) is 0.273. The first-order valence-electron chi connectivity index (χ1n) is 4.69. The lowest BCUT2D eigenvalue weighted by Gasteiger charge is -2.08. The van der Waals surface area contributed by atoms with Gasteiger partial charge in [-0.2, -0.15) is 0 Å². The highest BCUT2D eigenvalue weighted by Gasteiger charge is 2.13. The number of halogens is 3. The van der Waals surface area contributed by atoms with Crippen LogP contribution in [0.4, 0.5) is 0 Å². The Bertz CT molecular complexity index is 493. The molecule has 0 aliphatic heterocycles. The monoisotopic (exact) mass is 279 g/mol. The van der Waals surface area contributed by atoms with Gasteiger partial charge in [-0.25, -0.2) is 0 Å². The Hall–Kier alpha value is -0.410. The lowest BCUT2D eigenvalue weighted by atomic mass is 10.1. The molecule has 1 aromatic heterocycles. The van der Waals surface area contributed by atoms with Crippen molar-refractivity contribution in [2.45, 2.75) is 19.4 Å². The molecule has 0 radical (unpaired) electrons. The van der Waals surface area contributed by atoms with Gasteiger partial charge in [0, 0.05) is 22.0 Å². The van der Waals surface area contributed by atoms with E-state index in [4.69, 9.17) is 33.4 Å². The summed E-state index contributed by atoms with van der Waals surface area (Å²) in [5.41, 5.74) is 7.43. The van der Waals surface area contributed by atoms with Crippen molar-refractivity contribution in [2.75, 3.05) is 0 Å². The SMILES string of the molecule is CC(N)Cc1c(Cl)cc(Cl)c2ccoc12.Cl. The van der Waals surface area contributed by atoms with Crippen LogP contribution in [0, 0.1) is 0 Å². The van der Waals surface area contributed by atoms with E-state index in [1.807, 2.05) is 13.0 Å². The molecule has 2 N–H and O–H groups in total. The van der Waals surface area contributed by atoms with E-state index in [0.717, 1.165) is 16.5 Å². The number of fused-ring (bicyclic) bond motifs is 1. The molecule has 2 nitrogen and oxygen atoms in total. The van der Waals surface area contributed by atoms with E-state index in [2.05, 4.69) is 0 Å². The van der Waals surface area contributed by atoms with Gasteiger partial charge in [-0.05, 0) is 25.5 Å². The van der Waals surface area contributed by atoms with Gasteiger partial charge in [-0.1, -0.05) is 23.2 Å². The predicted octanol–water partition coefficient (Wildman–Crippen LogP) is 4.05. The smallest absolute Gasteiger partial charge is 0.140 e. The van der Waals surface area contributed by atoms with Crippen LogP contribution in [-0.2, 0) is 6.42 Å². The number of hydrogen-bond acceptors (Lipinski definition) is 2. The second-order valence-corrected chi connectivity index (χ2v) is 4.48. The highest BCUT2D eigenvalue weighted by molar-refractivity contribution is 6.39. The van der Waals surface area contributed by atoms with Crippen LogP contribution >= 0.6 is 35.6 Å². The predicted molar refractivity (Wildman–Crippen MR) is 70.8 cm³/mol. The summed E-state index contributed by atoms with van der Waals surface area (Å²) in [6.07, 6.45) is 2.29. The first-order valence-corrected chi connectivity index (χ1v) is 5.45. The number of nitrogens with two attached hydrogens (primary N) is 1. The third kappa shape index (κ3) is 2.46. The van der Waals surface area contributed by atoms with Gasteiger partial charge in [-0.3, -0.25) is 0 Å². The summed E-state index contributed by atoms with van der Waals surface area (Å²) in [4.78, 5) is 0. The first kappa shape index (κ1) is 13.7. The Morgan fingerprint density at radius 3 is 2.69 bits per heavy atom. The van der Waals surface area contributed by atoms with Gasteiger partial charge < -0.3 is 10.2 Å². The average molecular weight is 281 g/mol. The third-order valence-corrected chi connectivity index (χ3v) is 2.91. The number of furan rings is 1. The molecule has 0 amide bonds. The normalized spacial score (nSPS) is 12.5. The summed E-state index contributed by atoms with van der Waals surface area (Å²) in [7, 11) is 0. The summed E-state index contributed by atoms with van der Waals surface area (Å²) >= 11 is 12.1. The Balaban J connectivity index is 0.00000128. The molecule has 0 aliphatic carbocycles. The second kappa shape index (κ2) is 5.28. The minimum Gasteiger partial charge on any atom is -0.464 e. The Morgan fingerprint density at radius 2 is 2.06 bits per heavy atom. The molecule has 16 heavy (non-hydrogen) atoms. The van der Waals surface area contributed by atoms with Crippen LogP contribution in [0.15, 0.2) is 22.8 Å². The van der Waals surface area contributed by atoms with Crippen molar-refractivity contribution in [3.8, 4) is 0 Å². The van der Waals surface area contributed by atoms with E-state index in [9.17, 15) is 0 Å². The minimum atomic E-state index is 0. The quantitative estimate of drug-likeness (QED) is 0.901. The van der Waals surface area contributed by atoms with Gasteiger partial charge in [0.05, 0.1) is 11.3 Å². The molecule has 2 rings (SSSR count). The molecule has 0 aliphatic rings. The Kier molecular flexibility index (Phi) is 4.51. The summed E-state index contributed by atoms with van der Waals surface area (Å²) < 4.78 is 5.39. The molecule has 2 aromatic rings. The molecular formula is C11H12Cl3NO. The standard InChI is InChI=1S/C11H11Cl2NO.ClH/c1-6(14)4-8-10(13)5-9(12)7-2-3-15-11(7)8;/h2-3,5-6H,4,14H2,1H3;1H. The van der Waals surface area contributed by atoms with Crippen molar-refractivity contribution in [1.29, 1.82) is 0 Å². The molecule has 0 saturated carbocycles. The summed E-state index contributed by atoms with van der Waals surface area (Å²) in [6.45, 7) is 1.93. The van der Waals surface area contributed by atoms with E-state index in [0.29, 0.717) is 16.5 Å². The van der Waals surface area contributed by atoms with E-state index >= 15 is 0 Å². The third-order valence-electron chi connectivity index (χ3n) is 2.26. The van der Waals surface area contributed by atoms with Crippen molar-refractivity contribution in [3.05, 3.63) is 34.0 Å². The summed E-state index contributed by atoms with van der Waals surface area (Å²) in [5.74, 6) is 0. The van der Waals surface area contributed by atoms with Crippen molar-refractivity contribution in [2.24, 2.45) is 5.73 Å². The topological polar surface area (TPSA) is 39.2 Å². The van der Waals surface area contributed by atoms with E-state index in [1.165, 1.54) is 0 Å². The van der Waals surface area contributed by atoms with Crippen LogP contribution in [0.1, 0.15) is 12.5 Å². The number of rotatable bonds is 2. The van der Waals surface area contributed by atoms with Crippen LogP contribution in [0.25, 0.3) is 11.0 Å². The molecule has 88 valence electrons. The van der Waals surface area contributed by atoms with Gasteiger partial charge in [0.2, 0.25) is 0 Å². The maximum Gasteiger partial charge on any atom is 0.140 e. The lowest BCUT2D eigenvalue weighted by Crippen LogP contribution is -2.18. The molecule has 5 heteroatoms. The molecule has 1 unspecified atom stereocenters. The molecule has 1 aromatic carbocycles. The zero-order valence-corrected chi connectivity index (χ0v) is 11.0. The molecule has 0 saturated heterocycles. The zero-order chi connectivity index (χ0) is 11.0. The first-order chi connectivity index (χ1) is 7.09. The maximum absolute atomic E-state index is 6.11. The van der Waals surface area contributed by atoms with Crippen molar-refractivity contribution >= 4 is 46.6 Å². The summed E-state index contributed by atoms with van der Waals surface area (Å²) in [6, 6.07) is 3.61. The number of hydrogen-bond donors (Lipinski definition) is 1. The van der Waals surface area contributed by atoms with Gasteiger partial charge in [0.15, 0.2) is 0 Å². The molecule has 0 fully saturated rings. The fourth-order valence-electron chi connectivity index (χ4n) is 1.63. The van der Waals surface area contributed by atoms with Gasteiger partial charge in [0.25, 0.3) is 0 Å². The lowest BCUT2D eigenvalue weighted by molar-refractivity contribution is 0.606. The summed E-state index contributed by atoms with van der Waals surface area (Å²) in [5, 5.41) is 2.11. The Morgan fingerprint density at radius 1 is 1.38 bits per heavy atom. The highest BCUT2D eigenvalue weighted by Crippen LogP contribution is 2.33. The van der Waals surface area contributed by atoms with Gasteiger partial charge in [0.1, 0.15) is 5.58 Å². The van der Waals surface area contributed by atoms with Gasteiger partial charge in [-0.15, -0.1) is 12.4 Å². The molecular weight excluding hydrogens is 268 g/mol. The van der Waals surface area contributed by atoms with E-state index in [-0.39, 0.29) is 18.4 Å². The van der Waals surface area contributed by atoms with Crippen molar-refractivity contribution < 1.29 is 4.42 Å².